The second-order valence-corrected chi connectivity index (χ2v) is 6.49. The Morgan fingerprint density at radius 3 is 2.85 bits per heavy atom. The van der Waals surface area contributed by atoms with Gasteiger partial charge < -0.3 is 9.73 Å². The van der Waals surface area contributed by atoms with E-state index in [0.717, 1.165) is 27.5 Å². The van der Waals surface area contributed by atoms with Crippen LogP contribution in [0, 0.1) is 13.8 Å². The Kier molecular flexibility index (Phi) is 3.62. The summed E-state index contributed by atoms with van der Waals surface area (Å²) in [6, 6.07) is 2.11. The highest BCUT2D eigenvalue weighted by Crippen LogP contribution is 2.35. The summed E-state index contributed by atoms with van der Waals surface area (Å²) < 4.78 is 5.40. The first-order valence-electron chi connectivity index (χ1n) is 6.27. The van der Waals surface area contributed by atoms with Crippen LogP contribution in [-0.4, -0.2) is 21.5 Å². The zero-order valence-corrected chi connectivity index (χ0v) is 13.1. The maximum absolute atomic E-state index is 5.40. The molecule has 3 rings (SSSR count). The van der Waals surface area contributed by atoms with Crippen LogP contribution in [0.4, 0.5) is 5.95 Å². The van der Waals surface area contributed by atoms with Crippen molar-refractivity contribution in [2.75, 3.05) is 11.9 Å². The smallest absolute Gasteiger partial charge is 0.262 e. The van der Waals surface area contributed by atoms with Gasteiger partial charge in [0.05, 0.1) is 5.69 Å². The molecule has 3 heterocycles. The fourth-order valence-electron chi connectivity index (χ4n) is 1.79. The molecule has 5 nitrogen and oxygen atoms in total. The summed E-state index contributed by atoms with van der Waals surface area (Å²) in [5.41, 5.74) is 0.867. The van der Waals surface area contributed by atoms with Crippen LogP contribution in [0.2, 0.25) is 0 Å². The molecule has 0 atom stereocenters. The molecule has 7 heteroatoms. The fraction of sp³-hybridized carbons (Fsp3) is 0.308. The number of oxazole rings is 1. The summed E-state index contributed by atoms with van der Waals surface area (Å²) >= 11 is 3.10. The Morgan fingerprint density at radius 2 is 2.15 bits per heavy atom. The lowest BCUT2D eigenvalue weighted by Gasteiger charge is -2.04. The second kappa shape index (κ2) is 5.41. The van der Waals surface area contributed by atoms with Crippen LogP contribution < -0.4 is 5.32 Å². The van der Waals surface area contributed by atoms with E-state index in [1.54, 1.807) is 17.6 Å². The molecule has 0 saturated carbocycles. The lowest BCUT2D eigenvalue weighted by atomic mass is 10.4. The van der Waals surface area contributed by atoms with Gasteiger partial charge in [0.1, 0.15) is 16.1 Å². The quantitative estimate of drug-likeness (QED) is 0.738. The maximum Gasteiger partial charge on any atom is 0.262 e. The Hall–Kier alpha value is -1.60. The summed E-state index contributed by atoms with van der Waals surface area (Å²) in [7, 11) is 0. The van der Waals surface area contributed by atoms with Gasteiger partial charge in [0.2, 0.25) is 5.95 Å². The molecule has 0 aliphatic heterocycles. The number of thiophene rings is 1. The molecule has 0 bridgehead atoms. The van der Waals surface area contributed by atoms with Crippen molar-refractivity contribution in [1.29, 1.82) is 0 Å². The average molecular weight is 306 g/mol. The van der Waals surface area contributed by atoms with Crippen LogP contribution in [0.3, 0.4) is 0 Å². The lowest BCUT2D eigenvalue weighted by Crippen LogP contribution is -2.02. The molecule has 0 saturated heterocycles. The fourth-order valence-corrected chi connectivity index (χ4v) is 3.59. The van der Waals surface area contributed by atoms with Gasteiger partial charge in [0.25, 0.3) is 5.22 Å². The van der Waals surface area contributed by atoms with Gasteiger partial charge in [-0.1, -0.05) is 0 Å². The third-order valence-electron chi connectivity index (χ3n) is 2.60. The van der Waals surface area contributed by atoms with E-state index in [-0.39, 0.29) is 0 Å². The van der Waals surface area contributed by atoms with Crippen LogP contribution in [0.25, 0.3) is 10.2 Å². The van der Waals surface area contributed by atoms with E-state index >= 15 is 0 Å². The van der Waals surface area contributed by atoms with E-state index in [0.29, 0.717) is 11.2 Å². The lowest BCUT2D eigenvalue weighted by molar-refractivity contribution is 0.454. The molecule has 3 aromatic rings. The minimum Gasteiger partial charge on any atom is -0.439 e. The van der Waals surface area contributed by atoms with Gasteiger partial charge in [0.15, 0.2) is 0 Å². The Morgan fingerprint density at radius 1 is 1.30 bits per heavy atom. The first-order chi connectivity index (χ1) is 9.65. The molecule has 1 N–H and O–H groups in total. The van der Waals surface area contributed by atoms with Crippen molar-refractivity contribution in [2.45, 2.75) is 31.0 Å². The predicted molar refractivity (Wildman–Crippen MR) is 81.7 cm³/mol. The molecule has 0 aliphatic rings. The topological polar surface area (TPSA) is 63.8 Å². The number of aromatic nitrogens is 3. The Labute approximate surface area is 124 Å². The number of fused-ring (bicyclic) bond motifs is 1. The molecule has 0 fully saturated rings. The summed E-state index contributed by atoms with van der Waals surface area (Å²) in [4.78, 5) is 15.6. The number of nitrogens with zero attached hydrogens (tertiary/aromatic N) is 3. The van der Waals surface area contributed by atoms with Gasteiger partial charge in [0, 0.05) is 16.8 Å². The van der Waals surface area contributed by atoms with Gasteiger partial charge in [-0.25, -0.2) is 15.0 Å². The summed E-state index contributed by atoms with van der Waals surface area (Å²) in [6.45, 7) is 6.79. The van der Waals surface area contributed by atoms with Gasteiger partial charge in [-0.2, -0.15) is 0 Å². The molecule has 0 radical (unpaired) electrons. The monoisotopic (exact) mass is 306 g/mol. The van der Waals surface area contributed by atoms with Gasteiger partial charge in [-0.3, -0.25) is 0 Å². The SMILES string of the molecule is CCNc1nc(Sc2nc(C)co2)c2cc(C)sc2n1. The van der Waals surface area contributed by atoms with Crippen LogP contribution in [0.5, 0.6) is 0 Å². The van der Waals surface area contributed by atoms with E-state index in [2.05, 4.69) is 33.3 Å². The van der Waals surface area contributed by atoms with Crippen molar-refractivity contribution in [3.05, 3.63) is 22.9 Å². The van der Waals surface area contributed by atoms with Crippen molar-refractivity contribution < 1.29 is 4.42 Å². The zero-order valence-electron chi connectivity index (χ0n) is 11.4. The highest BCUT2D eigenvalue weighted by atomic mass is 32.2. The highest BCUT2D eigenvalue weighted by molar-refractivity contribution is 7.99. The molecule has 0 spiro atoms. The first kappa shape index (κ1) is 13.4. The van der Waals surface area contributed by atoms with E-state index in [1.807, 2.05) is 13.8 Å². The van der Waals surface area contributed by atoms with Crippen molar-refractivity contribution in [3.8, 4) is 0 Å². The van der Waals surface area contributed by atoms with Gasteiger partial charge >= 0.3 is 0 Å². The van der Waals surface area contributed by atoms with Crippen LogP contribution >= 0.6 is 23.1 Å². The zero-order chi connectivity index (χ0) is 14.1. The number of nitrogens with one attached hydrogen (secondary N) is 1. The average Bonchev–Trinajstić information content (AvgIpc) is 2.95. The second-order valence-electron chi connectivity index (χ2n) is 4.32. The molecule has 0 unspecified atom stereocenters. The van der Waals surface area contributed by atoms with Crippen LogP contribution in [0.1, 0.15) is 17.5 Å². The minimum atomic E-state index is 0.605. The van der Waals surface area contributed by atoms with Crippen LogP contribution in [0.15, 0.2) is 27.0 Å². The molecule has 0 aromatic carbocycles. The Bertz CT molecular complexity index is 750. The highest BCUT2D eigenvalue weighted by Gasteiger charge is 2.14. The molecular formula is C13H14N4OS2. The van der Waals surface area contributed by atoms with Crippen molar-refractivity contribution >= 4 is 39.3 Å². The predicted octanol–water partition coefficient (Wildman–Crippen LogP) is 3.88. The van der Waals surface area contributed by atoms with E-state index in [9.17, 15) is 0 Å². The van der Waals surface area contributed by atoms with Crippen LogP contribution in [-0.2, 0) is 0 Å². The van der Waals surface area contributed by atoms with Crippen molar-refractivity contribution in [3.63, 3.8) is 0 Å². The Balaban J connectivity index is 2.06. The van der Waals surface area contributed by atoms with Gasteiger partial charge in [-0.05, 0) is 38.6 Å². The number of hydrogen-bond donors (Lipinski definition) is 1. The molecule has 0 amide bonds. The number of anilines is 1. The third kappa shape index (κ3) is 2.64. The maximum atomic E-state index is 5.40. The van der Waals surface area contributed by atoms with Crippen molar-refractivity contribution in [2.24, 2.45) is 0 Å². The normalized spacial score (nSPS) is 11.2. The minimum absolute atomic E-state index is 0.605. The third-order valence-corrected chi connectivity index (χ3v) is 4.41. The molecule has 0 aliphatic carbocycles. The summed E-state index contributed by atoms with van der Waals surface area (Å²) in [5.74, 6) is 0.646. The van der Waals surface area contributed by atoms with E-state index in [4.69, 9.17) is 4.42 Å². The summed E-state index contributed by atoms with van der Waals surface area (Å²) in [5, 5.41) is 5.69. The van der Waals surface area contributed by atoms with E-state index < -0.39 is 0 Å². The molecule has 3 aromatic heterocycles. The van der Waals surface area contributed by atoms with Gasteiger partial charge in [-0.15, -0.1) is 11.3 Å². The number of aryl methyl sites for hydroxylation is 2. The molecular weight excluding hydrogens is 292 g/mol. The molecule has 20 heavy (non-hydrogen) atoms. The largest absolute Gasteiger partial charge is 0.439 e. The first-order valence-corrected chi connectivity index (χ1v) is 7.91. The standard InChI is InChI=1S/C13H14N4OS2/c1-4-14-12-16-10-9(5-8(3)19-10)11(17-12)20-13-15-7(2)6-18-13/h5-6H,4H2,1-3H3,(H,14,16,17). The van der Waals surface area contributed by atoms with E-state index in [1.165, 1.54) is 16.6 Å². The van der Waals surface area contributed by atoms with Crippen molar-refractivity contribution in [1.82, 2.24) is 15.0 Å². The number of rotatable bonds is 4. The number of hydrogen-bond acceptors (Lipinski definition) is 7. The molecule has 104 valence electrons. The summed E-state index contributed by atoms with van der Waals surface area (Å²) in [6.07, 6.45) is 1.64.